The summed E-state index contributed by atoms with van der Waals surface area (Å²) in [5, 5.41) is 8.02. The van der Waals surface area contributed by atoms with Gasteiger partial charge in [-0.15, -0.1) is 0 Å². The average Bonchev–Trinajstić information content (AvgIpc) is 2.89. The first-order chi connectivity index (χ1) is 9.51. The SMILES string of the molecule is CNC(C)c1ccc(Oc2cnn(C(C)C)c2)c(Cl)c1. The van der Waals surface area contributed by atoms with Crippen LogP contribution in [-0.4, -0.2) is 16.8 Å². The zero-order chi connectivity index (χ0) is 14.7. The van der Waals surface area contributed by atoms with Crippen LogP contribution >= 0.6 is 11.6 Å². The molecule has 2 aromatic rings. The molecule has 0 aliphatic carbocycles. The van der Waals surface area contributed by atoms with E-state index >= 15 is 0 Å². The monoisotopic (exact) mass is 293 g/mol. The Bertz CT molecular complexity index is 580. The van der Waals surface area contributed by atoms with Gasteiger partial charge in [0, 0.05) is 12.1 Å². The number of benzene rings is 1. The van der Waals surface area contributed by atoms with E-state index in [0.29, 0.717) is 22.6 Å². The largest absolute Gasteiger partial charge is 0.452 e. The van der Waals surface area contributed by atoms with E-state index in [-0.39, 0.29) is 6.04 Å². The fourth-order valence-corrected chi connectivity index (χ4v) is 2.05. The molecule has 0 fully saturated rings. The highest BCUT2D eigenvalue weighted by Gasteiger charge is 2.09. The van der Waals surface area contributed by atoms with Crippen molar-refractivity contribution in [2.75, 3.05) is 7.05 Å². The highest BCUT2D eigenvalue weighted by molar-refractivity contribution is 6.32. The number of rotatable bonds is 5. The lowest BCUT2D eigenvalue weighted by Crippen LogP contribution is -2.12. The summed E-state index contributed by atoms with van der Waals surface area (Å²) in [6, 6.07) is 6.38. The van der Waals surface area contributed by atoms with Crippen molar-refractivity contribution in [1.82, 2.24) is 15.1 Å². The summed E-state index contributed by atoms with van der Waals surface area (Å²) in [4.78, 5) is 0. The van der Waals surface area contributed by atoms with Crippen LogP contribution in [0.2, 0.25) is 5.02 Å². The van der Waals surface area contributed by atoms with Crippen LogP contribution in [0.25, 0.3) is 0 Å². The topological polar surface area (TPSA) is 39.1 Å². The van der Waals surface area contributed by atoms with Crippen molar-refractivity contribution in [2.24, 2.45) is 0 Å². The summed E-state index contributed by atoms with van der Waals surface area (Å²) in [5.74, 6) is 1.33. The fourth-order valence-electron chi connectivity index (χ4n) is 1.82. The molecule has 1 atom stereocenters. The Kier molecular flexibility index (Phi) is 4.68. The van der Waals surface area contributed by atoms with Crippen molar-refractivity contribution in [3.05, 3.63) is 41.2 Å². The maximum absolute atomic E-state index is 6.27. The molecule has 1 heterocycles. The molecule has 1 aromatic carbocycles. The van der Waals surface area contributed by atoms with Crippen molar-refractivity contribution in [2.45, 2.75) is 32.9 Å². The second kappa shape index (κ2) is 6.29. The van der Waals surface area contributed by atoms with Crippen LogP contribution in [0, 0.1) is 0 Å². The molecular weight excluding hydrogens is 274 g/mol. The molecule has 4 nitrogen and oxygen atoms in total. The molecule has 0 saturated carbocycles. The Labute approximate surface area is 124 Å². The maximum atomic E-state index is 6.27. The summed E-state index contributed by atoms with van der Waals surface area (Å²) in [6.45, 7) is 6.22. The van der Waals surface area contributed by atoms with Crippen LogP contribution in [0.1, 0.15) is 38.4 Å². The molecule has 0 aliphatic heterocycles. The van der Waals surface area contributed by atoms with E-state index in [1.54, 1.807) is 6.20 Å². The second-order valence-corrected chi connectivity index (χ2v) is 5.46. The van der Waals surface area contributed by atoms with Gasteiger partial charge in [0.15, 0.2) is 5.75 Å². The van der Waals surface area contributed by atoms with E-state index in [2.05, 4.69) is 31.2 Å². The molecule has 0 aliphatic rings. The van der Waals surface area contributed by atoms with Crippen molar-refractivity contribution in [3.8, 4) is 11.5 Å². The van der Waals surface area contributed by atoms with Gasteiger partial charge in [-0.05, 0) is 45.5 Å². The number of ether oxygens (including phenoxy) is 1. The number of nitrogens with one attached hydrogen (secondary N) is 1. The number of hydrogen-bond acceptors (Lipinski definition) is 3. The molecule has 20 heavy (non-hydrogen) atoms. The van der Waals surface area contributed by atoms with Crippen LogP contribution in [0.15, 0.2) is 30.6 Å². The average molecular weight is 294 g/mol. The Balaban J connectivity index is 2.16. The molecule has 1 aromatic heterocycles. The minimum atomic E-state index is 0.255. The van der Waals surface area contributed by atoms with Crippen LogP contribution < -0.4 is 10.1 Å². The van der Waals surface area contributed by atoms with E-state index < -0.39 is 0 Å². The highest BCUT2D eigenvalue weighted by Crippen LogP contribution is 2.31. The predicted molar refractivity (Wildman–Crippen MR) is 81.6 cm³/mol. The van der Waals surface area contributed by atoms with Gasteiger partial charge >= 0.3 is 0 Å². The molecule has 0 radical (unpaired) electrons. The highest BCUT2D eigenvalue weighted by atomic mass is 35.5. The summed E-state index contributed by atoms with van der Waals surface area (Å²) in [7, 11) is 1.92. The van der Waals surface area contributed by atoms with Crippen LogP contribution in [0.5, 0.6) is 11.5 Å². The molecule has 1 unspecified atom stereocenters. The van der Waals surface area contributed by atoms with Gasteiger partial charge in [-0.3, -0.25) is 4.68 Å². The number of nitrogens with zero attached hydrogens (tertiary/aromatic N) is 2. The molecule has 0 spiro atoms. The zero-order valence-electron chi connectivity index (χ0n) is 12.2. The number of hydrogen-bond donors (Lipinski definition) is 1. The smallest absolute Gasteiger partial charge is 0.165 e. The summed E-state index contributed by atoms with van der Waals surface area (Å²) >= 11 is 6.27. The molecular formula is C15H20ClN3O. The Hall–Kier alpha value is -1.52. The second-order valence-electron chi connectivity index (χ2n) is 5.05. The summed E-state index contributed by atoms with van der Waals surface area (Å²) < 4.78 is 7.62. The molecule has 2 rings (SSSR count). The van der Waals surface area contributed by atoms with E-state index in [1.165, 1.54) is 0 Å². The van der Waals surface area contributed by atoms with Crippen LogP contribution in [0.4, 0.5) is 0 Å². The minimum Gasteiger partial charge on any atom is -0.452 e. The van der Waals surface area contributed by atoms with Crippen LogP contribution in [0.3, 0.4) is 0 Å². The fraction of sp³-hybridized carbons (Fsp3) is 0.400. The molecule has 0 amide bonds. The van der Waals surface area contributed by atoms with Crippen molar-refractivity contribution in [3.63, 3.8) is 0 Å². The molecule has 0 bridgehead atoms. The van der Waals surface area contributed by atoms with Gasteiger partial charge in [0.05, 0.1) is 17.4 Å². The molecule has 108 valence electrons. The first-order valence-corrected chi connectivity index (χ1v) is 7.07. The van der Waals surface area contributed by atoms with E-state index in [9.17, 15) is 0 Å². The van der Waals surface area contributed by atoms with E-state index in [1.807, 2.05) is 36.1 Å². The lowest BCUT2D eigenvalue weighted by Gasteiger charge is -2.12. The van der Waals surface area contributed by atoms with Crippen molar-refractivity contribution >= 4 is 11.6 Å². The molecule has 0 saturated heterocycles. The van der Waals surface area contributed by atoms with Gasteiger partial charge in [-0.1, -0.05) is 17.7 Å². The summed E-state index contributed by atoms with van der Waals surface area (Å²) in [6.07, 6.45) is 3.56. The normalized spacial score (nSPS) is 12.7. The third-order valence-corrected chi connectivity index (χ3v) is 3.52. The lowest BCUT2D eigenvalue weighted by molar-refractivity contribution is 0.477. The van der Waals surface area contributed by atoms with E-state index in [0.717, 1.165) is 5.56 Å². The Morgan fingerprint density at radius 2 is 2.05 bits per heavy atom. The first kappa shape index (κ1) is 14.9. The van der Waals surface area contributed by atoms with Gasteiger partial charge in [-0.2, -0.15) is 5.10 Å². The maximum Gasteiger partial charge on any atom is 0.165 e. The Morgan fingerprint density at radius 1 is 1.30 bits per heavy atom. The standard InChI is InChI=1S/C15H20ClN3O/c1-10(2)19-9-13(8-18-19)20-15-6-5-12(7-14(15)16)11(3)17-4/h5-11,17H,1-4H3. The molecule has 1 N–H and O–H groups in total. The lowest BCUT2D eigenvalue weighted by atomic mass is 10.1. The number of halogens is 1. The zero-order valence-corrected chi connectivity index (χ0v) is 13.0. The van der Waals surface area contributed by atoms with Gasteiger partial charge < -0.3 is 10.1 Å². The van der Waals surface area contributed by atoms with Crippen molar-refractivity contribution < 1.29 is 4.74 Å². The predicted octanol–water partition coefficient (Wildman–Crippen LogP) is 4.19. The quantitative estimate of drug-likeness (QED) is 0.898. The minimum absolute atomic E-state index is 0.255. The van der Waals surface area contributed by atoms with Gasteiger partial charge in [0.25, 0.3) is 0 Å². The summed E-state index contributed by atoms with van der Waals surface area (Å²) in [5.41, 5.74) is 1.13. The van der Waals surface area contributed by atoms with E-state index in [4.69, 9.17) is 16.3 Å². The third-order valence-electron chi connectivity index (χ3n) is 3.22. The first-order valence-electron chi connectivity index (χ1n) is 6.70. The van der Waals surface area contributed by atoms with Gasteiger partial charge in [0.2, 0.25) is 0 Å². The third kappa shape index (κ3) is 3.32. The number of aromatic nitrogens is 2. The van der Waals surface area contributed by atoms with Gasteiger partial charge in [-0.25, -0.2) is 0 Å². The van der Waals surface area contributed by atoms with Crippen molar-refractivity contribution in [1.29, 1.82) is 0 Å². The van der Waals surface area contributed by atoms with Crippen LogP contribution in [-0.2, 0) is 0 Å². The molecule has 5 heteroatoms. The van der Waals surface area contributed by atoms with Gasteiger partial charge in [0.1, 0.15) is 5.75 Å². The Morgan fingerprint density at radius 3 is 2.60 bits per heavy atom.